The van der Waals surface area contributed by atoms with E-state index in [4.69, 9.17) is 4.74 Å². The van der Waals surface area contributed by atoms with Crippen molar-refractivity contribution in [1.29, 1.82) is 0 Å². The number of methoxy groups -OCH3 is 1. The van der Waals surface area contributed by atoms with Crippen LogP contribution in [0.2, 0.25) is 0 Å². The minimum absolute atomic E-state index is 0.0915. The summed E-state index contributed by atoms with van der Waals surface area (Å²) in [5.41, 5.74) is 2.02. The van der Waals surface area contributed by atoms with E-state index in [2.05, 4.69) is 34.5 Å². The van der Waals surface area contributed by atoms with Crippen LogP contribution in [0.4, 0.5) is 0 Å². The number of ether oxygens (including phenoxy) is 1. The fourth-order valence-corrected chi connectivity index (χ4v) is 4.45. The van der Waals surface area contributed by atoms with E-state index in [1.165, 1.54) is 11.8 Å². The van der Waals surface area contributed by atoms with Crippen molar-refractivity contribution in [1.82, 2.24) is 4.90 Å². The molecule has 1 atom stereocenters. The number of carbonyl (C=O) groups is 1. The van der Waals surface area contributed by atoms with Gasteiger partial charge in [0.15, 0.2) is 5.17 Å². The lowest BCUT2D eigenvalue weighted by molar-refractivity contribution is -0.126. The third-order valence-corrected chi connectivity index (χ3v) is 6.40. The monoisotopic (exact) mass is 417 g/mol. The smallest absolute Gasteiger partial charge is 0.242 e. The number of thioether (sulfide) groups is 1. The molecule has 30 heavy (non-hydrogen) atoms. The Morgan fingerprint density at radius 2 is 1.83 bits per heavy atom. The first-order chi connectivity index (χ1) is 14.7. The first kappa shape index (κ1) is 20.2. The van der Waals surface area contributed by atoms with Gasteiger partial charge in [-0.15, -0.1) is 5.10 Å². The maximum absolute atomic E-state index is 12.9. The Morgan fingerprint density at radius 3 is 2.60 bits per heavy atom. The molecule has 0 N–H and O–H groups in total. The van der Waals surface area contributed by atoms with Gasteiger partial charge < -0.3 is 4.74 Å². The molecule has 0 bridgehead atoms. The van der Waals surface area contributed by atoms with Gasteiger partial charge >= 0.3 is 0 Å². The molecule has 1 aliphatic rings. The van der Waals surface area contributed by atoms with Crippen LogP contribution < -0.4 is 4.74 Å². The van der Waals surface area contributed by atoms with Gasteiger partial charge in [0.2, 0.25) is 5.91 Å². The normalized spacial score (nSPS) is 18.1. The van der Waals surface area contributed by atoms with Crippen molar-refractivity contribution in [2.45, 2.75) is 25.1 Å². The lowest BCUT2D eigenvalue weighted by atomic mass is 10.0. The first-order valence-electron chi connectivity index (χ1n) is 9.89. The summed E-state index contributed by atoms with van der Waals surface area (Å²) in [7, 11) is 1.64. The Hall–Kier alpha value is -3.12. The minimum atomic E-state index is -0.116. The number of fused-ring (bicyclic) bond motifs is 1. The molecule has 1 aliphatic heterocycles. The third-order valence-electron chi connectivity index (χ3n) is 5.07. The summed E-state index contributed by atoms with van der Waals surface area (Å²) in [5, 5.41) is 11.5. The van der Waals surface area contributed by atoms with E-state index in [1.807, 2.05) is 49.4 Å². The van der Waals surface area contributed by atoms with E-state index >= 15 is 0 Å². The number of amides is 1. The van der Waals surface area contributed by atoms with Gasteiger partial charge in [-0.1, -0.05) is 61.2 Å². The highest BCUT2D eigenvalue weighted by molar-refractivity contribution is 8.15. The van der Waals surface area contributed by atoms with E-state index in [-0.39, 0.29) is 11.2 Å². The second-order valence-corrected chi connectivity index (χ2v) is 8.15. The van der Waals surface area contributed by atoms with Crippen LogP contribution in [0.25, 0.3) is 10.8 Å². The highest BCUT2D eigenvalue weighted by Crippen LogP contribution is 2.32. The summed E-state index contributed by atoms with van der Waals surface area (Å²) in [4.78, 5) is 14.7. The molecule has 0 radical (unpaired) electrons. The Labute approximate surface area is 180 Å². The van der Waals surface area contributed by atoms with Crippen molar-refractivity contribution in [3.63, 3.8) is 0 Å². The van der Waals surface area contributed by atoms with Gasteiger partial charge in [-0.2, -0.15) is 5.10 Å². The fourth-order valence-electron chi connectivity index (χ4n) is 3.43. The van der Waals surface area contributed by atoms with Crippen molar-refractivity contribution in [3.05, 3.63) is 77.9 Å². The summed E-state index contributed by atoms with van der Waals surface area (Å²) >= 11 is 1.49. The second kappa shape index (κ2) is 9.13. The molecule has 0 unspecified atom stereocenters. The van der Waals surface area contributed by atoms with Gasteiger partial charge in [0, 0.05) is 0 Å². The molecule has 0 spiro atoms. The average molecular weight is 418 g/mol. The minimum Gasteiger partial charge on any atom is -0.497 e. The molecular weight excluding hydrogens is 394 g/mol. The molecule has 1 saturated heterocycles. The maximum atomic E-state index is 12.9. The zero-order valence-corrected chi connectivity index (χ0v) is 17.8. The van der Waals surface area contributed by atoms with Gasteiger partial charge in [0.25, 0.3) is 0 Å². The molecule has 0 aromatic heterocycles. The highest BCUT2D eigenvalue weighted by atomic mass is 32.2. The molecule has 1 fully saturated rings. The number of rotatable bonds is 6. The van der Waals surface area contributed by atoms with Crippen LogP contribution in [-0.2, 0) is 11.3 Å². The number of benzene rings is 3. The van der Waals surface area contributed by atoms with Crippen LogP contribution >= 0.6 is 11.8 Å². The van der Waals surface area contributed by atoms with E-state index < -0.39 is 0 Å². The predicted molar refractivity (Wildman–Crippen MR) is 124 cm³/mol. The summed E-state index contributed by atoms with van der Waals surface area (Å²) in [6, 6.07) is 22.0. The number of amidine groups is 1. The predicted octanol–water partition coefficient (Wildman–Crippen LogP) is 5.09. The van der Waals surface area contributed by atoms with E-state index in [0.717, 1.165) is 34.1 Å². The topological polar surface area (TPSA) is 54.3 Å². The van der Waals surface area contributed by atoms with Crippen LogP contribution in [0.3, 0.4) is 0 Å². The number of hydrogen-bond donors (Lipinski definition) is 0. The van der Waals surface area contributed by atoms with Gasteiger partial charge in [0.1, 0.15) is 5.75 Å². The molecule has 3 aromatic rings. The van der Waals surface area contributed by atoms with Crippen molar-refractivity contribution in [2.75, 3.05) is 7.11 Å². The van der Waals surface area contributed by atoms with Gasteiger partial charge in [0.05, 0.1) is 25.1 Å². The summed E-state index contributed by atoms with van der Waals surface area (Å²) in [5.74, 6) is 0.885. The van der Waals surface area contributed by atoms with Crippen molar-refractivity contribution < 1.29 is 9.53 Å². The highest BCUT2D eigenvalue weighted by Gasteiger charge is 2.37. The number of hydrogen-bond acceptors (Lipinski definition) is 5. The van der Waals surface area contributed by atoms with Crippen molar-refractivity contribution in [3.8, 4) is 5.75 Å². The number of nitrogens with zero attached hydrogens (tertiary/aromatic N) is 3. The lowest BCUT2D eigenvalue weighted by Gasteiger charge is -2.17. The zero-order valence-electron chi connectivity index (χ0n) is 17.0. The second-order valence-electron chi connectivity index (χ2n) is 6.98. The standard InChI is InChI=1S/C24H23N3O2S/c1-3-22-23(28)27(16-19-9-6-8-18-7-4-5-10-21(18)19)24(30-22)26-25-15-17-11-13-20(29-2)14-12-17/h4-15,22H,3,16H2,1-2H3/b25-15-,26-24+/t22-/m1/s1. The van der Waals surface area contributed by atoms with E-state index in [0.29, 0.717) is 11.7 Å². The molecule has 1 amide bonds. The fraction of sp³-hybridized carbons (Fsp3) is 0.208. The summed E-state index contributed by atoms with van der Waals surface area (Å²) < 4.78 is 5.17. The van der Waals surface area contributed by atoms with Crippen molar-refractivity contribution >= 4 is 39.8 Å². The van der Waals surface area contributed by atoms with Gasteiger partial charge in [-0.05, 0) is 52.6 Å². The Balaban J connectivity index is 1.59. The molecule has 1 heterocycles. The summed E-state index contributed by atoms with van der Waals surface area (Å²) in [6.45, 7) is 2.51. The lowest BCUT2D eigenvalue weighted by Crippen LogP contribution is -2.31. The molecular formula is C24H23N3O2S. The Morgan fingerprint density at radius 1 is 1.07 bits per heavy atom. The van der Waals surface area contributed by atoms with E-state index in [1.54, 1.807) is 18.2 Å². The summed E-state index contributed by atoms with van der Waals surface area (Å²) in [6.07, 6.45) is 2.45. The van der Waals surface area contributed by atoms with Crippen LogP contribution in [0.1, 0.15) is 24.5 Å². The molecule has 5 nitrogen and oxygen atoms in total. The largest absolute Gasteiger partial charge is 0.497 e. The van der Waals surface area contributed by atoms with Crippen LogP contribution in [-0.4, -0.2) is 34.5 Å². The average Bonchev–Trinajstić information content (AvgIpc) is 3.09. The van der Waals surface area contributed by atoms with Gasteiger partial charge in [-0.25, -0.2) is 0 Å². The van der Waals surface area contributed by atoms with Gasteiger partial charge in [-0.3, -0.25) is 9.69 Å². The molecule has 0 aliphatic carbocycles. The third kappa shape index (κ3) is 4.24. The van der Waals surface area contributed by atoms with Crippen LogP contribution in [0.5, 0.6) is 5.75 Å². The number of carbonyl (C=O) groups excluding carboxylic acids is 1. The molecule has 0 saturated carbocycles. The molecule has 6 heteroatoms. The Bertz CT molecular complexity index is 1100. The quantitative estimate of drug-likeness (QED) is 0.415. The SMILES string of the molecule is CC[C@H]1S/C(=N/N=C\c2ccc(OC)cc2)N(Cc2cccc3ccccc23)C1=O. The Kier molecular flexibility index (Phi) is 6.14. The molecule has 3 aromatic carbocycles. The zero-order chi connectivity index (χ0) is 20.9. The van der Waals surface area contributed by atoms with Crippen LogP contribution in [0, 0.1) is 0 Å². The molecule has 152 valence electrons. The first-order valence-corrected chi connectivity index (χ1v) is 10.8. The van der Waals surface area contributed by atoms with Crippen LogP contribution in [0.15, 0.2) is 76.9 Å². The van der Waals surface area contributed by atoms with Crippen molar-refractivity contribution in [2.24, 2.45) is 10.2 Å². The maximum Gasteiger partial charge on any atom is 0.242 e. The van der Waals surface area contributed by atoms with E-state index in [9.17, 15) is 4.79 Å². The molecule has 4 rings (SSSR count).